The van der Waals surface area contributed by atoms with Crippen LogP contribution in [0.4, 0.5) is 0 Å². The maximum atomic E-state index is 14.5. The highest BCUT2D eigenvalue weighted by Crippen LogP contribution is 2.54. The smallest absolute Gasteiger partial charge is 0.313 e. The van der Waals surface area contributed by atoms with Crippen LogP contribution >= 0.6 is 0 Å². The molecule has 1 spiro atoms. The van der Waals surface area contributed by atoms with Gasteiger partial charge >= 0.3 is 5.97 Å². The van der Waals surface area contributed by atoms with Crippen LogP contribution in [0.5, 0.6) is 0 Å². The van der Waals surface area contributed by atoms with E-state index >= 15 is 0 Å². The molecule has 4 aliphatic heterocycles. The summed E-state index contributed by atoms with van der Waals surface area (Å²) in [5, 5.41) is 13.3. The SMILES string of the molecule is CCCCN1CC=C[C@]23O[C@@H]4/C=C\CCC(=O)NC[C@@H](c5ccccc5)OC(=O)[C@@H]4[C@H]2C(=O)N([C@@H](CO)C(C)C)[C@@H]3C1=O. The third kappa shape index (κ3) is 5.74. The highest BCUT2D eigenvalue weighted by Gasteiger charge is 2.72. The van der Waals surface area contributed by atoms with Crippen LogP contribution < -0.4 is 5.32 Å². The Balaban J connectivity index is 1.60. The highest BCUT2D eigenvalue weighted by atomic mass is 16.6. The summed E-state index contributed by atoms with van der Waals surface area (Å²) in [7, 11) is 0. The summed E-state index contributed by atoms with van der Waals surface area (Å²) >= 11 is 0. The number of unbranched alkanes of at least 4 members (excludes halogenated alkanes) is 1. The van der Waals surface area contributed by atoms with Gasteiger partial charge in [0.25, 0.3) is 0 Å². The van der Waals surface area contributed by atoms with Gasteiger partial charge in [-0.2, -0.15) is 0 Å². The Labute approximate surface area is 253 Å². The van der Waals surface area contributed by atoms with E-state index in [4.69, 9.17) is 9.47 Å². The molecule has 1 aromatic carbocycles. The molecule has 2 saturated heterocycles. The Morgan fingerprint density at radius 3 is 2.56 bits per heavy atom. The summed E-state index contributed by atoms with van der Waals surface area (Å²) < 4.78 is 12.8. The van der Waals surface area contributed by atoms with Crippen molar-refractivity contribution in [3.63, 3.8) is 0 Å². The van der Waals surface area contributed by atoms with Crippen molar-refractivity contribution in [1.29, 1.82) is 0 Å². The van der Waals surface area contributed by atoms with Crippen molar-refractivity contribution in [1.82, 2.24) is 15.1 Å². The summed E-state index contributed by atoms with van der Waals surface area (Å²) in [5.41, 5.74) is -0.713. The zero-order chi connectivity index (χ0) is 30.7. The monoisotopic (exact) mass is 593 g/mol. The zero-order valence-electron chi connectivity index (χ0n) is 25.2. The van der Waals surface area contributed by atoms with Crippen molar-refractivity contribution < 1.29 is 33.8 Å². The number of aliphatic hydroxyl groups excluding tert-OH is 1. The Hall–Kier alpha value is -3.50. The number of aliphatic hydroxyl groups is 1. The number of fused-ring (bicyclic) bond motifs is 2. The van der Waals surface area contributed by atoms with Gasteiger partial charge in [-0.15, -0.1) is 0 Å². The first kappa shape index (κ1) is 30.9. The predicted molar refractivity (Wildman–Crippen MR) is 158 cm³/mol. The van der Waals surface area contributed by atoms with Gasteiger partial charge in [-0.1, -0.05) is 81.8 Å². The van der Waals surface area contributed by atoms with E-state index < -0.39 is 53.6 Å². The van der Waals surface area contributed by atoms with Crippen molar-refractivity contribution in [3.8, 4) is 0 Å². The first-order valence-corrected chi connectivity index (χ1v) is 15.5. The first-order chi connectivity index (χ1) is 20.7. The van der Waals surface area contributed by atoms with Crippen LogP contribution in [0.25, 0.3) is 0 Å². The molecule has 5 rings (SSSR count). The molecule has 10 nitrogen and oxygen atoms in total. The second-order valence-corrected chi connectivity index (χ2v) is 12.2. The van der Waals surface area contributed by atoms with Gasteiger partial charge in [0, 0.05) is 19.5 Å². The fourth-order valence-electron chi connectivity index (χ4n) is 6.92. The molecule has 43 heavy (non-hydrogen) atoms. The summed E-state index contributed by atoms with van der Waals surface area (Å²) in [6, 6.07) is 7.47. The van der Waals surface area contributed by atoms with Gasteiger partial charge in [0.05, 0.1) is 31.2 Å². The van der Waals surface area contributed by atoms with Crippen molar-refractivity contribution in [2.45, 2.75) is 76.3 Å². The van der Waals surface area contributed by atoms with Crippen LogP contribution in [0.2, 0.25) is 0 Å². The number of nitrogens with one attached hydrogen (secondary N) is 1. The molecule has 10 heteroatoms. The van der Waals surface area contributed by atoms with Gasteiger partial charge in [0.2, 0.25) is 17.7 Å². The molecular weight excluding hydrogens is 550 g/mol. The average Bonchev–Trinajstić information content (AvgIpc) is 3.38. The van der Waals surface area contributed by atoms with Crippen molar-refractivity contribution in [2.75, 3.05) is 26.2 Å². The van der Waals surface area contributed by atoms with Gasteiger partial charge in [-0.3, -0.25) is 19.2 Å². The molecule has 2 fully saturated rings. The Bertz CT molecular complexity index is 1260. The molecule has 0 saturated carbocycles. The number of esters is 1. The Morgan fingerprint density at radius 2 is 1.86 bits per heavy atom. The number of amides is 3. The third-order valence-electron chi connectivity index (χ3n) is 9.16. The molecular formula is C33H43N3O7. The van der Waals surface area contributed by atoms with Crippen molar-refractivity contribution in [2.24, 2.45) is 17.8 Å². The lowest BCUT2D eigenvalue weighted by Gasteiger charge is -2.39. The summed E-state index contributed by atoms with van der Waals surface area (Å²) in [5.74, 6) is -3.68. The van der Waals surface area contributed by atoms with Crippen LogP contribution in [0.1, 0.15) is 58.1 Å². The minimum atomic E-state index is -1.42. The number of nitrogens with zero attached hydrogens (tertiary/aromatic N) is 2. The highest BCUT2D eigenvalue weighted by molar-refractivity contribution is 5.99. The van der Waals surface area contributed by atoms with E-state index in [0.29, 0.717) is 25.1 Å². The number of carbonyl (C=O) groups is 4. The quantitative estimate of drug-likeness (QED) is 0.368. The van der Waals surface area contributed by atoms with Gasteiger partial charge in [0.1, 0.15) is 23.7 Å². The van der Waals surface area contributed by atoms with Crippen molar-refractivity contribution in [3.05, 3.63) is 60.2 Å². The summed E-state index contributed by atoms with van der Waals surface area (Å²) in [4.78, 5) is 58.8. The van der Waals surface area contributed by atoms with Crippen LogP contribution in [0, 0.1) is 17.8 Å². The van der Waals surface area contributed by atoms with Crippen LogP contribution in [0.15, 0.2) is 54.6 Å². The van der Waals surface area contributed by atoms with Crippen LogP contribution in [-0.2, 0) is 28.7 Å². The second kappa shape index (κ2) is 13.0. The van der Waals surface area contributed by atoms with Crippen LogP contribution in [-0.4, -0.2) is 88.6 Å². The van der Waals surface area contributed by atoms with Gasteiger partial charge in [0.15, 0.2) is 0 Å². The topological polar surface area (TPSA) is 125 Å². The van der Waals surface area contributed by atoms with E-state index in [2.05, 4.69) is 12.2 Å². The molecule has 4 heterocycles. The minimum absolute atomic E-state index is 0.0831. The number of hydrogen-bond donors (Lipinski definition) is 2. The molecule has 4 aliphatic rings. The molecule has 0 aliphatic carbocycles. The molecule has 7 atom stereocenters. The van der Waals surface area contributed by atoms with E-state index in [1.807, 2.05) is 50.3 Å². The van der Waals surface area contributed by atoms with E-state index in [-0.39, 0.29) is 37.3 Å². The lowest BCUT2D eigenvalue weighted by Crippen LogP contribution is -2.59. The normalized spacial score (nSPS) is 32.6. The Kier molecular flexibility index (Phi) is 9.36. The maximum absolute atomic E-state index is 14.5. The van der Waals surface area contributed by atoms with Gasteiger partial charge in [-0.05, 0) is 24.3 Å². The number of rotatable bonds is 7. The van der Waals surface area contributed by atoms with E-state index in [0.717, 1.165) is 12.8 Å². The number of cyclic esters (lactones) is 1. The fourth-order valence-corrected chi connectivity index (χ4v) is 6.92. The molecule has 0 radical (unpaired) electrons. The average molecular weight is 594 g/mol. The van der Waals surface area contributed by atoms with E-state index in [1.54, 1.807) is 23.1 Å². The number of likely N-dealkylation sites (tertiary alicyclic amines) is 1. The summed E-state index contributed by atoms with van der Waals surface area (Å²) in [6.07, 6.45) is 7.91. The molecule has 2 N–H and O–H groups in total. The molecule has 3 amide bonds. The Morgan fingerprint density at radius 1 is 1.09 bits per heavy atom. The first-order valence-electron chi connectivity index (χ1n) is 15.5. The molecule has 0 aromatic heterocycles. The molecule has 0 unspecified atom stereocenters. The number of carbonyl (C=O) groups excluding carboxylic acids is 4. The largest absolute Gasteiger partial charge is 0.455 e. The lowest BCUT2D eigenvalue weighted by molar-refractivity contribution is -0.161. The zero-order valence-corrected chi connectivity index (χ0v) is 25.2. The predicted octanol–water partition coefficient (Wildman–Crippen LogP) is 2.53. The number of benzene rings is 1. The standard InChI is InChI=1S/C33H43N3O7/c1-4-5-17-35-18-11-16-33-28(30(39)36(29(33)31(35)40)23(20-37)21(2)3)27-24(43-33)14-9-10-15-26(38)34-19-25(42-32(27)41)22-12-7-6-8-13-22/h6-9,11-14,16,21,23-25,27-29,37H,4-5,10,15,17-20H2,1-3H3,(H,34,38)/b14-9-/t23-,24+,25-,27-,28-,29+,33-/m0/s1. The maximum Gasteiger partial charge on any atom is 0.313 e. The van der Waals surface area contributed by atoms with E-state index in [9.17, 15) is 24.3 Å². The minimum Gasteiger partial charge on any atom is -0.455 e. The third-order valence-corrected chi connectivity index (χ3v) is 9.16. The number of hydrogen-bond acceptors (Lipinski definition) is 7. The van der Waals surface area contributed by atoms with E-state index in [1.165, 1.54) is 4.90 Å². The van der Waals surface area contributed by atoms with Crippen LogP contribution in [0.3, 0.4) is 0 Å². The number of ether oxygens (including phenoxy) is 2. The lowest BCUT2D eigenvalue weighted by atomic mass is 9.77. The fraction of sp³-hybridized carbons (Fsp3) is 0.576. The number of allylic oxidation sites excluding steroid dienone is 1. The van der Waals surface area contributed by atoms with Gasteiger partial charge < -0.3 is 29.7 Å². The molecule has 0 bridgehead atoms. The molecule has 1 aromatic rings. The summed E-state index contributed by atoms with van der Waals surface area (Å²) in [6.45, 7) is 6.49. The van der Waals surface area contributed by atoms with Crippen molar-refractivity contribution >= 4 is 23.7 Å². The second-order valence-electron chi connectivity index (χ2n) is 12.2. The van der Waals surface area contributed by atoms with Gasteiger partial charge in [-0.25, -0.2) is 0 Å². The molecule has 232 valence electrons.